The standard InChI is InChI=1S/C16H16N4O3/c1-9(21)19-20-11-4-2-5-12(22)15(11)14(10(8-17)16(20)18)13-6-3-7-23-13/h3,6-7,14H,2,4-5,18H2,1H3,(H,19,21). The Morgan fingerprint density at radius 1 is 1.52 bits per heavy atom. The number of carbonyl (C=O) groups is 2. The zero-order valence-electron chi connectivity index (χ0n) is 12.6. The molecule has 0 saturated carbocycles. The summed E-state index contributed by atoms with van der Waals surface area (Å²) >= 11 is 0. The van der Waals surface area contributed by atoms with Crippen LogP contribution in [0.15, 0.2) is 45.5 Å². The largest absolute Gasteiger partial charge is 0.468 e. The van der Waals surface area contributed by atoms with Gasteiger partial charge in [0.05, 0.1) is 29.5 Å². The third-order valence-electron chi connectivity index (χ3n) is 4.01. The highest BCUT2D eigenvalue weighted by molar-refractivity contribution is 5.99. The van der Waals surface area contributed by atoms with E-state index in [1.807, 2.05) is 0 Å². The van der Waals surface area contributed by atoms with Crippen molar-refractivity contribution in [3.05, 3.63) is 46.8 Å². The van der Waals surface area contributed by atoms with Crippen molar-refractivity contribution >= 4 is 11.7 Å². The second kappa shape index (κ2) is 5.65. The number of hydrogen-bond donors (Lipinski definition) is 2. The molecule has 23 heavy (non-hydrogen) atoms. The Morgan fingerprint density at radius 3 is 2.91 bits per heavy atom. The Hall–Kier alpha value is -3.01. The molecule has 0 spiro atoms. The fourth-order valence-corrected chi connectivity index (χ4v) is 3.11. The van der Waals surface area contributed by atoms with Crippen LogP contribution in [-0.4, -0.2) is 16.7 Å². The molecule has 0 radical (unpaired) electrons. The minimum atomic E-state index is -0.622. The molecular weight excluding hydrogens is 296 g/mol. The molecule has 1 aromatic heterocycles. The molecule has 1 atom stereocenters. The van der Waals surface area contributed by atoms with Crippen molar-refractivity contribution in [1.82, 2.24) is 10.4 Å². The van der Waals surface area contributed by atoms with E-state index in [1.165, 1.54) is 18.2 Å². The van der Waals surface area contributed by atoms with E-state index in [-0.39, 0.29) is 23.1 Å². The molecule has 0 saturated heterocycles. The average Bonchev–Trinajstić information content (AvgIpc) is 3.03. The van der Waals surface area contributed by atoms with Crippen LogP contribution < -0.4 is 11.2 Å². The van der Waals surface area contributed by atoms with Crippen LogP contribution in [0.2, 0.25) is 0 Å². The second-order valence-corrected chi connectivity index (χ2v) is 5.50. The highest BCUT2D eigenvalue weighted by Gasteiger charge is 2.41. The van der Waals surface area contributed by atoms with Crippen LogP contribution in [0.4, 0.5) is 0 Å². The first-order valence-electron chi connectivity index (χ1n) is 7.31. The zero-order valence-corrected chi connectivity index (χ0v) is 12.6. The molecule has 3 rings (SSSR count). The Bertz CT molecular complexity index is 768. The maximum absolute atomic E-state index is 12.5. The van der Waals surface area contributed by atoms with E-state index in [0.29, 0.717) is 36.3 Å². The van der Waals surface area contributed by atoms with Crippen molar-refractivity contribution in [1.29, 1.82) is 5.26 Å². The quantitative estimate of drug-likeness (QED) is 0.854. The van der Waals surface area contributed by atoms with E-state index in [1.54, 1.807) is 12.1 Å². The highest BCUT2D eigenvalue weighted by atomic mass is 16.3. The number of hydrazine groups is 1. The van der Waals surface area contributed by atoms with Gasteiger partial charge in [0.25, 0.3) is 0 Å². The van der Waals surface area contributed by atoms with Crippen LogP contribution >= 0.6 is 0 Å². The molecule has 7 nitrogen and oxygen atoms in total. The summed E-state index contributed by atoms with van der Waals surface area (Å²) in [5.41, 5.74) is 10.0. The lowest BCUT2D eigenvalue weighted by Crippen LogP contribution is -2.47. The van der Waals surface area contributed by atoms with Gasteiger partial charge in [0.1, 0.15) is 11.6 Å². The summed E-state index contributed by atoms with van der Waals surface area (Å²) in [6.07, 6.45) is 3.17. The molecule has 1 aliphatic carbocycles. The highest BCUT2D eigenvalue weighted by Crippen LogP contribution is 2.43. The van der Waals surface area contributed by atoms with E-state index in [4.69, 9.17) is 10.2 Å². The van der Waals surface area contributed by atoms with Gasteiger partial charge in [-0.05, 0) is 25.0 Å². The average molecular weight is 312 g/mol. The van der Waals surface area contributed by atoms with Crippen LogP contribution in [0.25, 0.3) is 0 Å². The summed E-state index contributed by atoms with van der Waals surface area (Å²) in [5.74, 6) is -0.384. The number of nitrogens with one attached hydrogen (secondary N) is 1. The molecule has 0 aromatic carbocycles. The van der Waals surface area contributed by atoms with Crippen LogP contribution in [0.3, 0.4) is 0 Å². The van der Waals surface area contributed by atoms with Gasteiger partial charge in [-0.25, -0.2) is 5.01 Å². The number of rotatable bonds is 2. The molecule has 118 valence electrons. The third-order valence-corrected chi connectivity index (χ3v) is 4.01. The molecule has 1 aliphatic heterocycles. The predicted octanol–water partition coefficient (Wildman–Crippen LogP) is 1.43. The van der Waals surface area contributed by atoms with Gasteiger partial charge in [-0.2, -0.15) is 5.26 Å². The van der Waals surface area contributed by atoms with E-state index in [0.717, 1.165) is 0 Å². The first-order chi connectivity index (χ1) is 11.0. The minimum absolute atomic E-state index is 0.0525. The van der Waals surface area contributed by atoms with Gasteiger partial charge in [0, 0.05) is 18.9 Å². The van der Waals surface area contributed by atoms with Crippen LogP contribution in [0.5, 0.6) is 0 Å². The molecule has 2 aliphatic rings. The molecule has 0 bridgehead atoms. The van der Waals surface area contributed by atoms with Gasteiger partial charge in [-0.15, -0.1) is 0 Å². The number of furan rings is 1. The number of hydrogen-bond acceptors (Lipinski definition) is 6. The second-order valence-electron chi connectivity index (χ2n) is 5.50. The van der Waals surface area contributed by atoms with Crippen LogP contribution in [0, 0.1) is 11.3 Å². The van der Waals surface area contributed by atoms with E-state index in [9.17, 15) is 14.9 Å². The Kier molecular flexibility index (Phi) is 3.66. The summed E-state index contributed by atoms with van der Waals surface area (Å²) in [6.45, 7) is 1.35. The Morgan fingerprint density at radius 2 is 2.30 bits per heavy atom. The number of allylic oxidation sites excluding steroid dienone is 3. The first-order valence-corrected chi connectivity index (χ1v) is 7.31. The maximum atomic E-state index is 12.5. The molecule has 1 unspecified atom stereocenters. The van der Waals surface area contributed by atoms with Gasteiger partial charge in [-0.1, -0.05) is 0 Å². The fraction of sp³-hybridized carbons (Fsp3) is 0.312. The normalized spacial score (nSPS) is 21.1. The maximum Gasteiger partial charge on any atom is 0.235 e. The molecular formula is C16H16N4O3. The number of nitrogens with two attached hydrogens (primary N) is 1. The van der Waals surface area contributed by atoms with Crippen molar-refractivity contribution < 1.29 is 14.0 Å². The topological polar surface area (TPSA) is 112 Å². The van der Waals surface area contributed by atoms with Crippen molar-refractivity contribution in [2.45, 2.75) is 32.1 Å². The van der Waals surface area contributed by atoms with Crippen molar-refractivity contribution in [2.75, 3.05) is 0 Å². The molecule has 1 aromatic rings. The smallest absolute Gasteiger partial charge is 0.235 e. The molecule has 7 heteroatoms. The SMILES string of the molecule is CC(=O)NN1C(N)=C(C#N)C(c2ccco2)C2=C1CCCC2=O. The third kappa shape index (κ3) is 2.38. The molecule has 3 N–H and O–H groups in total. The van der Waals surface area contributed by atoms with Gasteiger partial charge in [-0.3, -0.25) is 15.0 Å². The minimum Gasteiger partial charge on any atom is -0.468 e. The van der Waals surface area contributed by atoms with E-state index < -0.39 is 5.92 Å². The van der Waals surface area contributed by atoms with Crippen LogP contribution in [0.1, 0.15) is 37.9 Å². The Balaban J connectivity index is 2.21. The summed E-state index contributed by atoms with van der Waals surface area (Å²) < 4.78 is 5.43. The number of ketones is 1. The van der Waals surface area contributed by atoms with Crippen LogP contribution in [-0.2, 0) is 9.59 Å². The first kappa shape index (κ1) is 14.9. The fourth-order valence-electron chi connectivity index (χ4n) is 3.11. The van der Waals surface area contributed by atoms with Gasteiger partial charge in [0.15, 0.2) is 5.78 Å². The van der Waals surface area contributed by atoms with Crippen molar-refractivity contribution in [3.8, 4) is 6.07 Å². The summed E-state index contributed by atoms with van der Waals surface area (Å²) in [7, 11) is 0. The lowest BCUT2D eigenvalue weighted by atomic mass is 9.78. The Labute approximate surface area is 133 Å². The van der Waals surface area contributed by atoms with E-state index in [2.05, 4.69) is 11.5 Å². The van der Waals surface area contributed by atoms with Gasteiger partial charge >= 0.3 is 0 Å². The summed E-state index contributed by atoms with van der Waals surface area (Å²) in [4.78, 5) is 24.0. The molecule has 1 amide bonds. The lowest BCUT2D eigenvalue weighted by molar-refractivity contribution is -0.123. The van der Waals surface area contributed by atoms with E-state index >= 15 is 0 Å². The monoisotopic (exact) mass is 312 g/mol. The number of nitrogens with zero attached hydrogens (tertiary/aromatic N) is 2. The molecule has 2 heterocycles. The number of Topliss-reactive ketones (excluding diaryl/α,β-unsaturated/α-hetero) is 1. The lowest BCUT2D eigenvalue weighted by Gasteiger charge is -2.38. The van der Waals surface area contributed by atoms with Crippen molar-refractivity contribution in [2.24, 2.45) is 5.73 Å². The zero-order chi connectivity index (χ0) is 16.6. The number of carbonyl (C=O) groups excluding carboxylic acids is 2. The predicted molar refractivity (Wildman–Crippen MR) is 79.8 cm³/mol. The van der Waals surface area contributed by atoms with Gasteiger partial charge < -0.3 is 10.2 Å². The number of amides is 1. The summed E-state index contributed by atoms with van der Waals surface area (Å²) in [5, 5.41) is 10.9. The number of nitriles is 1. The summed E-state index contributed by atoms with van der Waals surface area (Å²) in [6, 6.07) is 5.48. The van der Waals surface area contributed by atoms with Gasteiger partial charge in [0.2, 0.25) is 5.91 Å². The van der Waals surface area contributed by atoms with Crippen molar-refractivity contribution in [3.63, 3.8) is 0 Å². The molecule has 0 fully saturated rings.